The van der Waals surface area contributed by atoms with Gasteiger partial charge in [-0.1, -0.05) is 41.4 Å². The van der Waals surface area contributed by atoms with Crippen molar-refractivity contribution in [3.63, 3.8) is 0 Å². The molecular weight excluding hydrogens is 404 g/mol. The Labute approximate surface area is 170 Å². The minimum atomic E-state index is -0.706. The molecule has 0 fully saturated rings. The van der Waals surface area contributed by atoms with Gasteiger partial charge in [-0.25, -0.2) is 4.39 Å². The van der Waals surface area contributed by atoms with Crippen LogP contribution in [0.1, 0.15) is 15.9 Å². The molecule has 0 heterocycles. The number of hydrogen-bond acceptors (Lipinski definition) is 3. The lowest BCUT2D eigenvalue weighted by Gasteiger charge is -2.13. The number of rotatable bonds is 5. The number of benzene rings is 3. The predicted molar refractivity (Wildman–Crippen MR) is 108 cm³/mol. The summed E-state index contributed by atoms with van der Waals surface area (Å²) in [6, 6.07) is 14.2. The van der Waals surface area contributed by atoms with Crippen LogP contribution in [-0.2, 0) is 4.79 Å². The number of ether oxygens (including phenoxy) is 1. The van der Waals surface area contributed by atoms with Crippen molar-refractivity contribution in [3.05, 3.63) is 81.6 Å². The van der Waals surface area contributed by atoms with E-state index in [1.54, 1.807) is 30.3 Å². The SMILES string of the molecule is Cc1cc(Cl)cc(-c2cc(F)c(NC(=O)c3ccccc3OC=O)c(Cl)c2)c1. The molecule has 0 unspecified atom stereocenters. The van der Waals surface area contributed by atoms with Gasteiger partial charge in [-0.15, -0.1) is 0 Å². The van der Waals surface area contributed by atoms with Gasteiger partial charge in [-0.3, -0.25) is 9.59 Å². The lowest BCUT2D eigenvalue weighted by Crippen LogP contribution is -2.15. The molecule has 0 aliphatic carbocycles. The Morgan fingerprint density at radius 3 is 2.46 bits per heavy atom. The van der Waals surface area contributed by atoms with E-state index in [1.807, 2.05) is 13.0 Å². The maximum atomic E-state index is 14.7. The molecule has 4 nitrogen and oxygen atoms in total. The molecule has 0 saturated heterocycles. The van der Waals surface area contributed by atoms with E-state index in [2.05, 4.69) is 5.32 Å². The van der Waals surface area contributed by atoms with Gasteiger partial charge >= 0.3 is 0 Å². The summed E-state index contributed by atoms with van der Waals surface area (Å²) in [5.74, 6) is -1.32. The van der Waals surface area contributed by atoms with Crippen LogP contribution in [0, 0.1) is 12.7 Å². The van der Waals surface area contributed by atoms with Crippen LogP contribution in [0.2, 0.25) is 10.0 Å². The van der Waals surface area contributed by atoms with E-state index < -0.39 is 11.7 Å². The number of anilines is 1. The maximum Gasteiger partial charge on any atom is 0.298 e. The Morgan fingerprint density at radius 1 is 1.07 bits per heavy atom. The van der Waals surface area contributed by atoms with Crippen LogP contribution >= 0.6 is 23.2 Å². The molecule has 3 rings (SSSR count). The second-order valence-electron chi connectivity index (χ2n) is 6.00. The van der Waals surface area contributed by atoms with E-state index in [1.165, 1.54) is 18.2 Å². The number of carbonyl (C=O) groups is 2. The van der Waals surface area contributed by atoms with Gasteiger partial charge in [0.1, 0.15) is 11.6 Å². The fraction of sp³-hybridized carbons (Fsp3) is 0.0476. The van der Waals surface area contributed by atoms with Crippen molar-refractivity contribution in [3.8, 4) is 16.9 Å². The molecule has 1 amide bonds. The number of nitrogens with one attached hydrogen (secondary N) is 1. The second kappa shape index (κ2) is 8.42. The average Bonchev–Trinajstić information content (AvgIpc) is 2.64. The van der Waals surface area contributed by atoms with Gasteiger partial charge in [-0.2, -0.15) is 0 Å². The monoisotopic (exact) mass is 417 g/mol. The summed E-state index contributed by atoms with van der Waals surface area (Å²) >= 11 is 12.3. The molecule has 7 heteroatoms. The van der Waals surface area contributed by atoms with Crippen molar-refractivity contribution >= 4 is 41.3 Å². The first-order valence-corrected chi connectivity index (χ1v) is 8.92. The van der Waals surface area contributed by atoms with Crippen molar-refractivity contribution in [1.29, 1.82) is 0 Å². The van der Waals surface area contributed by atoms with Gasteiger partial charge in [0.25, 0.3) is 12.4 Å². The summed E-state index contributed by atoms with van der Waals surface area (Å²) in [6.07, 6.45) is 0. The van der Waals surface area contributed by atoms with Crippen molar-refractivity contribution in [2.75, 3.05) is 5.32 Å². The molecule has 0 atom stereocenters. The van der Waals surface area contributed by atoms with Crippen molar-refractivity contribution < 1.29 is 18.7 Å². The van der Waals surface area contributed by atoms with Crippen LogP contribution in [0.5, 0.6) is 5.75 Å². The number of para-hydroxylation sites is 1. The highest BCUT2D eigenvalue weighted by Gasteiger charge is 2.18. The van der Waals surface area contributed by atoms with Gasteiger partial charge < -0.3 is 10.1 Å². The topological polar surface area (TPSA) is 55.4 Å². The van der Waals surface area contributed by atoms with Crippen LogP contribution in [0.15, 0.2) is 54.6 Å². The van der Waals surface area contributed by atoms with E-state index >= 15 is 0 Å². The maximum absolute atomic E-state index is 14.7. The number of carbonyl (C=O) groups excluding carboxylic acids is 2. The fourth-order valence-electron chi connectivity index (χ4n) is 2.75. The Kier molecular flexibility index (Phi) is 5.97. The van der Waals surface area contributed by atoms with E-state index in [0.29, 0.717) is 16.1 Å². The van der Waals surface area contributed by atoms with Gasteiger partial charge in [0.15, 0.2) is 0 Å². The Bertz CT molecular complexity index is 1030. The summed E-state index contributed by atoms with van der Waals surface area (Å²) < 4.78 is 19.5. The standard InChI is InChI=1S/C21H14Cl2FNO3/c1-12-6-13(8-15(22)7-12)14-9-17(23)20(18(24)10-14)25-21(27)16-4-2-3-5-19(16)28-11-26/h2-11H,1H3,(H,25,27). The van der Waals surface area contributed by atoms with Crippen molar-refractivity contribution in [2.24, 2.45) is 0 Å². The third kappa shape index (κ3) is 4.32. The number of amides is 1. The molecule has 3 aromatic carbocycles. The zero-order valence-corrected chi connectivity index (χ0v) is 16.1. The smallest absolute Gasteiger partial charge is 0.298 e. The minimum Gasteiger partial charge on any atom is -0.428 e. The number of hydrogen-bond donors (Lipinski definition) is 1. The highest BCUT2D eigenvalue weighted by Crippen LogP contribution is 2.34. The summed E-state index contributed by atoms with van der Waals surface area (Å²) in [4.78, 5) is 23.1. The van der Waals surface area contributed by atoms with E-state index in [0.717, 1.165) is 5.56 Å². The highest BCUT2D eigenvalue weighted by molar-refractivity contribution is 6.34. The van der Waals surface area contributed by atoms with Crippen molar-refractivity contribution in [1.82, 2.24) is 0 Å². The molecule has 142 valence electrons. The molecule has 1 N–H and O–H groups in total. The Hall–Kier alpha value is -2.89. The molecule has 28 heavy (non-hydrogen) atoms. The molecule has 0 saturated carbocycles. The molecule has 3 aromatic rings. The molecular formula is C21H14Cl2FNO3. The first-order chi connectivity index (χ1) is 13.4. The molecule has 0 aromatic heterocycles. The normalized spacial score (nSPS) is 10.4. The molecule has 0 radical (unpaired) electrons. The van der Waals surface area contributed by atoms with Crippen LogP contribution < -0.4 is 10.1 Å². The first kappa shape index (κ1) is 19.9. The second-order valence-corrected chi connectivity index (χ2v) is 6.84. The van der Waals surface area contributed by atoms with Crippen LogP contribution in [-0.4, -0.2) is 12.4 Å². The summed E-state index contributed by atoms with van der Waals surface area (Å²) in [5.41, 5.74) is 2.04. The molecule has 0 spiro atoms. The molecule has 0 bridgehead atoms. The largest absolute Gasteiger partial charge is 0.428 e. The van der Waals surface area contributed by atoms with Crippen LogP contribution in [0.4, 0.5) is 10.1 Å². The minimum absolute atomic E-state index is 0.0229. The zero-order chi connectivity index (χ0) is 20.3. The van der Waals surface area contributed by atoms with Gasteiger partial charge in [0, 0.05) is 5.02 Å². The molecule has 0 aliphatic rings. The Balaban J connectivity index is 1.94. The van der Waals surface area contributed by atoms with E-state index in [4.69, 9.17) is 27.9 Å². The van der Waals surface area contributed by atoms with Crippen LogP contribution in [0.25, 0.3) is 11.1 Å². The Morgan fingerprint density at radius 2 is 1.79 bits per heavy atom. The van der Waals surface area contributed by atoms with Gasteiger partial charge in [0.05, 0.1) is 16.3 Å². The zero-order valence-electron chi connectivity index (χ0n) is 14.6. The lowest BCUT2D eigenvalue weighted by molar-refractivity contribution is -0.120. The average molecular weight is 418 g/mol. The third-order valence-corrected chi connectivity index (χ3v) is 4.48. The first-order valence-electron chi connectivity index (χ1n) is 8.16. The van der Waals surface area contributed by atoms with E-state index in [-0.39, 0.29) is 28.5 Å². The summed E-state index contributed by atoms with van der Waals surface area (Å²) in [6.45, 7) is 2.09. The molecule has 0 aliphatic heterocycles. The van der Waals surface area contributed by atoms with E-state index in [9.17, 15) is 14.0 Å². The predicted octanol–water partition coefficient (Wildman–Crippen LogP) is 5.90. The summed E-state index contributed by atoms with van der Waals surface area (Å²) in [7, 11) is 0. The number of halogens is 3. The number of aryl methyl sites for hydroxylation is 1. The quantitative estimate of drug-likeness (QED) is 0.526. The third-order valence-electron chi connectivity index (χ3n) is 3.96. The van der Waals surface area contributed by atoms with Crippen LogP contribution in [0.3, 0.4) is 0 Å². The lowest BCUT2D eigenvalue weighted by atomic mass is 10.0. The van der Waals surface area contributed by atoms with Gasteiger partial charge in [0.2, 0.25) is 0 Å². The van der Waals surface area contributed by atoms with Crippen molar-refractivity contribution in [2.45, 2.75) is 6.92 Å². The van der Waals surface area contributed by atoms with Gasteiger partial charge in [-0.05, 0) is 60.0 Å². The fourth-order valence-corrected chi connectivity index (χ4v) is 3.30. The highest BCUT2D eigenvalue weighted by atomic mass is 35.5. The summed E-state index contributed by atoms with van der Waals surface area (Å²) in [5, 5.41) is 2.97.